The van der Waals surface area contributed by atoms with Crippen molar-refractivity contribution in [2.45, 2.75) is 20.2 Å². The van der Waals surface area contributed by atoms with Gasteiger partial charge in [0.2, 0.25) is 5.43 Å². The van der Waals surface area contributed by atoms with Gasteiger partial charge in [0, 0.05) is 14.7 Å². The van der Waals surface area contributed by atoms with Gasteiger partial charge in [-0.15, -0.1) is 0 Å². The van der Waals surface area contributed by atoms with Crippen molar-refractivity contribution >= 4 is 42.4 Å². The standard InChI is InChI=1S/C26H17F3O5S2/c27-26(28,29)36(31,32)34-35(18-9-3-1-4-10-18,19-11-5-2-6-12-19)20-15-16-24-22(17-20)25(30)21-13-7-8-14-23(21)33-24/h1-17H. The van der Waals surface area contributed by atoms with Crippen molar-refractivity contribution in [1.29, 1.82) is 0 Å². The van der Waals surface area contributed by atoms with Crippen molar-refractivity contribution in [3.8, 4) is 0 Å². The Morgan fingerprint density at radius 1 is 0.639 bits per heavy atom. The topological polar surface area (TPSA) is 73.6 Å². The third kappa shape index (κ3) is 3.97. The number of halogens is 3. The highest BCUT2D eigenvalue weighted by Crippen LogP contribution is 2.70. The Balaban J connectivity index is 1.89. The fourth-order valence-corrected chi connectivity index (χ4v) is 8.65. The number of benzene rings is 4. The number of para-hydroxylation sites is 1. The van der Waals surface area contributed by atoms with E-state index in [1.54, 1.807) is 60.7 Å². The second-order valence-electron chi connectivity index (χ2n) is 7.74. The summed E-state index contributed by atoms with van der Waals surface area (Å²) < 4.78 is 76.9. The van der Waals surface area contributed by atoms with Gasteiger partial charge in [0.1, 0.15) is 11.2 Å². The van der Waals surface area contributed by atoms with Crippen LogP contribution in [0.3, 0.4) is 0 Å². The van der Waals surface area contributed by atoms with Crippen molar-refractivity contribution in [3.63, 3.8) is 0 Å². The minimum absolute atomic E-state index is 0.0859. The van der Waals surface area contributed by atoms with Gasteiger partial charge < -0.3 is 4.42 Å². The number of alkyl halides is 3. The molecule has 0 atom stereocenters. The molecule has 1 aromatic heterocycles. The average Bonchev–Trinajstić information content (AvgIpc) is 2.88. The highest BCUT2D eigenvalue weighted by Gasteiger charge is 2.52. The Kier molecular flexibility index (Phi) is 5.90. The van der Waals surface area contributed by atoms with Gasteiger partial charge in [0.25, 0.3) is 0 Å². The summed E-state index contributed by atoms with van der Waals surface area (Å²) in [6.07, 6.45) is 0. The van der Waals surface area contributed by atoms with Crippen LogP contribution in [0, 0.1) is 0 Å². The monoisotopic (exact) mass is 530 g/mol. The Hall–Kier alpha value is -3.60. The lowest BCUT2D eigenvalue weighted by Gasteiger charge is -2.39. The van der Waals surface area contributed by atoms with E-state index >= 15 is 0 Å². The van der Waals surface area contributed by atoms with Gasteiger partial charge in [-0.1, -0.05) is 48.5 Å². The maximum Gasteiger partial charge on any atom is 0.524 e. The highest BCUT2D eigenvalue weighted by atomic mass is 32.3. The molecule has 10 heteroatoms. The third-order valence-corrected chi connectivity index (χ3v) is 10.4. The summed E-state index contributed by atoms with van der Waals surface area (Å²) in [7, 11) is -9.59. The molecule has 5 nitrogen and oxygen atoms in total. The highest BCUT2D eigenvalue weighted by molar-refractivity contribution is 8.33. The fraction of sp³-hybridized carbons (Fsp3) is 0.0385. The zero-order valence-electron chi connectivity index (χ0n) is 18.3. The van der Waals surface area contributed by atoms with Gasteiger partial charge in [-0.3, -0.25) is 4.79 Å². The second-order valence-corrected chi connectivity index (χ2v) is 12.2. The molecule has 184 valence electrons. The lowest BCUT2D eigenvalue weighted by molar-refractivity contribution is -0.0496. The SMILES string of the molecule is O=c1c2ccccc2oc2ccc(S(OS(=O)(=O)C(F)(F)F)(c3ccccc3)c3ccccc3)cc12. The maximum atomic E-state index is 13.6. The lowest BCUT2D eigenvalue weighted by atomic mass is 10.1. The molecule has 0 amide bonds. The van der Waals surface area contributed by atoms with Gasteiger partial charge in [0.15, 0.2) is 0 Å². The molecule has 36 heavy (non-hydrogen) atoms. The van der Waals surface area contributed by atoms with E-state index in [0.717, 1.165) is 0 Å². The number of fused-ring (bicyclic) bond motifs is 2. The summed E-state index contributed by atoms with van der Waals surface area (Å²) in [5.41, 5.74) is -5.51. The van der Waals surface area contributed by atoms with Crippen molar-refractivity contribution in [2.24, 2.45) is 0 Å². The second kappa shape index (κ2) is 8.81. The van der Waals surface area contributed by atoms with Crippen molar-refractivity contribution in [2.75, 3.05) is 0 Å². The largest absolute Gasteiger partial charge is 0.524 e. The van der Waals surface area contributed by atoms with E-state index in [1.807, 2.05) is 0 Å². The predicted molar refractivity (Wildman–Crippen MR) is 131 cm³/mol. The Morgan fingerprint density at radius 2 is 1.17 bits per heavy atom. The van der Waals surface area contributed by atoms with Crippen LogP contribution < -0.4 is 5.43 Å². The van der Waals surface area contributed by atoms with Crippen LogP contribution in [0.5, 0.6) is 0 Å². The van der Waals surface area contributed by atoms with Crippen LogP contribution in [0.1, 0.15) is 0 Å². The van der Waals surface area contributed by atoms with E-state index in [9.17, 15) is 26.4 Å². The first-order valence-corrected chi connectivity index (χ1v) is 13.5. The number of rotatable bonds is 5. The van der Waals surface area contributed by atoms with Crippen molar-refractivity contribution in [1.82, 2.24) is 0 Å². The molecule has 0 unspecified atom stereocenters. The molecule has 0 saturated carbocycles. The quantitative estimate of drug-likeness (QED) is 0.181. The van der Waals surface area contributed by atoms with Gasteiger partial charge in [-0.2, -0.15) is 25.2 Å². The first kappa shape index (κ1) is 24.1. The summed E-state index contributed by atoms with van der Waals surface area (Å²) in [6, 6.07) is 26.4. The van der Waals surface area contributed by atoms with Crippen molar-refractivity contribution in [3.05, 3.63) is 113 Å². The van der Waals surface area contributed by atoms with Crippen LogP contribution in [-0.4, -0.2) is 13.9 Å². The zero-order valence-corrected chi connectivity index (χ0v) is 19.9. The fourth-order valence-electron chi connectivity index (χ4n) is 3.88. The smallest absolute Gasteiger partial charge is 0.456 e. The minimum atomic E-state index is -6.06. The van der Waals surface area contributed by atoms with Gasteiger partial charge in [-0.05, 0) is 64.9 Å². The molecule has 1 heterocycles. The van der Waals surface area contributed by atoms with E-state index in [0.29, 0.717) is 5.58 Å². The maximum absolute atomic E-state index is 13.6. The molecule has 4 aromatic carbocycles. The molecule has 0 fully saturated rings. The molecule has 5 rings (SSSR count). The van der Waals surface area contributed by atoms with E-state index < -0.39 is 31.4 Å². The van der Waals surface area contributed by atoms with E-state index in [4.69, 9.17) is 8.05 Å². The molecule has 0 saturated heterocycles. The number of hydrogen-bond donors (Lipinski definition) is 0. The molecule has 0 spiro atoms. The van der Waals surface area contributed by atoms with Gasteiger partial charge in [-0.25, -0.2) is 0 Å². The van der Waals surface area contributed by atoms with Crippen LogP contribution >= 0.6 is 10.3 Å². The molecule has 5 aromatic rings. The van der Waals surface area contributed by atoms with Gasteiger partial charge in [0.05, 0.1) is 10.8 Å². The molecule has 0 N–H and O–H groups in total. The Bertz CT molecular complexity index is 1690. The normalized spacial score (nSPS) is 13.2. The third-order valence-electron chi connectivity index (χ3n) is 5.50. The zero-order chi connectivity index (χ0) is 25.6. The van der Waals surface area contributed by atoms with Crippen LogP contribution in [0.4, 0.5) is 13.2 Å². The molecular weight excluding hydrogens is 513 g/mol. The Morgan fingerprint density at radius 3 is 1.75 bits per heavy atom. The minimum Gasteiger partial charge on any atom is -0.456 e. The first-order chi connectivity index (χ1) is 17.1. The average molecular weight is 531 g/mol. The molecular formula is C26H17F3O5S2. The van der Waals surface area contributed by atoms with Crippen LogP contribution in [0.15, 0.2) is 127 Å². The van der Waals surface area contributed by atoms with E-state index in [2.05, 4.69) is 0 Å². The molecule has 0 aliphatic heterocycles. The predicted octanol–water partition coefficient (Wildman–Crippen LogP) is 7.01. The van der Waals surface area contributed by atoms with Gasteiger partial charge >= 0.3 is 15.6 Å². The molecule has 0 aliphatic carbocycles. The van der Waals surface area contributed by atoms with Crippen LogP contribution in [-0.2, 0) is 13.7 Å². The lowest BCUT2D eigenvalue weighted by Crippen LogP contribution is -2.27. The summed E-state index contributed by atoms with van der Waals surface area (Å²) in [5.74, 6) is 0. The summed E-state index contributed by atoms with van der Waals surface area (Å²) in [4.78, 5) is 13.8. The Labute approximate surface area is 205 Å². The van der Waals surface area contributed by atoms with E-state index in [1.165, 1.54) is 42.5 Å². The summed E-state index contributed by atoms with van der Waals surface area (Å²) in [5, 5.41) is 0.369. The first-order valence-electron chi connectivity index (χ1n) is 10.5. The molecule has 0 radical (unpaired) electrons. The summed E-state index contributed by atoms with van der Waals surface area (Å²) in [6.45, 7) is 0. The van der Waals surface area contributed by atoms with Crippen LogP contribution in [0.2, 0.25) is 0 Å². The van der Waals surface area contributed by atoms with Crippen LogP contribution in [0.25, 0.3) is 21.9 Å². The van der Waals surface area contributed by atoms with E-state index in [-0.39, 0.29) is 31.0 Å². The number of hydrogen-bond acceptors (Lipinski definition) is 5. The van der Waals surface area contributed by atoms with Crippen molar-refractivity contribution < 1.29 is 29.6 Å². The molecule has 0 aliphatic rings. The molecule has 0 bridgehead atoms. The summed E-state index contributed by atoms with van der Waals surface area (Å²) >= 11 is 0.